The summed E-state index contributed by atoms with van der Waals surface area (Å²) >= 11 is 0. The number of aryl methyl sites for hydroxylation is 1. The topological polar surface area (TPSA) is 59.7 Å². The third-order valence-electron chi connectivity index (χ3n) is 3.77. The van der Waals surface area contributed by atoms with Gasteiger partial charge >= 0.3 is 6.18 Å². The minimum absolute atomic E-state index is 0.0979. The van der Waals surface area contributed by atoms with Crippen LogP contribution in [0.1, 0.15) is 24.7 Å². The number of benzene rings is 2. The van der Waals surface area contributed by atoms with Crippen molar-refractivity contribution < 1.29 is 27.4 Å². The first-order chi connectivity index (χ1) is 12.3. The zero-order valence-corrected chi connectivity index (χ0v) is 13.8. The van der Waals surface area contributed by atoms with Crippen LogP contribution in [0.4, 0.5) is 13.2 Å². The first kappa shape index (κ1) is 17.8. The SMILES string of the molecule is CCCc1ccc(Oc2c(C(F)(F)F)oc3cc(O)ccc3c2=O)cc1. The van der Waals surface area contributed by atoms with Gasteiger partial charge in [-0.25, -0.2) is 0 Å². The monoisotopic (exact) mass is 364 g/mol. The second-order valence-corrected chi connectivity index (χ2v) is 5.76. The molecule has 0 aliphatic carbocycles. The number of phenols is 1. The molecule has 2 aromatic carbocycles. The number of rotatable bonds is 4. The lowest BCUT2D eigenvalue weighted by Gasteiger charge is -2.13. The maximum atomic E-state index is 13.3. The second-order valence-electron chi connectivity index (χ2n) is 5.76. The van der Waals surface area contributed by atoms with Gasteiger partial charge in [0.15, 0.2) is 0 Å². The number of halogens is 3. The number of alkyl halides is 3. The van der Waals surface area contributed by atoms with E-state index in [0.29, 0.717) is 0 Å². The van der Waals surface area contributed by atoms with Crippen molar-refractivity contribution in [2.24, 2.45) is 0 Å². The first-order valence-corrected chi connectivity index (χ1v) is 7.93. The molecule has 136 valence electrons. The van der Waals surface area contributed by atoms with Crippen LogP contribution in [0.15, 0.2) is 51.7 Å². The zero-order valence-electron chi connectivity index (χ0n) is 13.8. The van der Waals surface area contributed by atoms with E-state index >= 15 is 0 Å². The molecular weight excluding hydrogens is 349 g/mol. The fourth-order valence-electron chi connectivity index (χ4n) is 2.57. The normalized spacial score (nSPS) is 11.7. The Morgan fingerprint density at radius 3 is 2.42 bits per heavy atom. The second kappa shape index (κ2) is 6.74. The van der Waals surface area contributed by atoms with Crippen LogP contribution in [-0.4, -0.2) is 5.11 Å². The first-order valence-electron chi connectivity index (χ1n) is 7.93. The summed E-state index contributed by atoms with van der Waals surface area (Å²) in [6.07, 6.45) is -3.18. The number of aromatic hydroxyl groups is 1. The van der Waals surface area contributed by atoms with Crippen molar-refractivity contribution in [3.63, 3.8) is 0 Å². The Morgan fingerprint density at radius 2 is 1.81 bits per heavy atom. The summed E-state index contributed by atoms with van der Waals surface area (Å²) < 4.78 is 50.1. The molecule has 0 unspecified atom stereocenters. The Balaban J connectivity index is 2.12. The predicted molar refractivity (Wildman–Crippen MR) is 89.7 cm³/mol. The van der Waals surface area contributed by atoms with E-state index in [1.54, 1.807) is 12.1 Å². The van der Waals surface area contributed by atoms with E-state index in [1.165, 1.54) is 24.3 Å². The highest BCUT2D eigenvalue weighted by Crippen LogP contribution is 2.38. The molecule has 0 aliphatic rings. The molecule has 0 radical (unpaired) electrons. The van der Waals surface area contributed by atoms with Gasteiger partial charge in [-0.3, -0.25) is 4.79 Å². The molecule has 0 fully saturated rings. The van der Waals surface area contributed by atoms with Crippen molar-refractivity contribution in [3.05, 3.63) is 64.0 Å². The molecule has 0 saturated carbocycles. The molecule has 1 aromatic heterocycles. The average molecular weight is 364 g/mol. The Bertz CT molecular complexity index is 989. The smallest absolute Gasteiger partial charge is 0.453 e. The van der Waals surface area contributed by atoms with E-state index in [1.807, 2.05) is 6.92 Å². The summed E-state index contributed by atoms with van der Waals surface area (Å²) in [6, 6.07) is 9.80. The van der Waals surface area contributed by atoms with E-state index in [9.17, 15) is 23.1 Å². The van der Waals surface area contributed by atoms with Gasteiger partial charge in [0.05, 0.1) is 5.39 Å². The molecule has 26 heavy (non-hydrogen) atoms. The number of hydrogen-bond acceptors (Lipinski definition) is 4. The van der Waals surface area contributed by atoms with E-state index in [-0.39, 0.29) is 22.5 Å². The average Bonchev–Trinajstić information content (AvgIpc) is 2.58. The van der Waals surface area contributed by atoms with Crippen LogP contribution in [-0.2, 0) is 12.6 Å². The molecule has 4 nitrogen and oxygen atoms in total. The Hall–Kier alpha value is -2.96. The number of phenolic OH excluding ortho intramolecular Hbond substituents is 1. The van der Waals surface area contributed by atoms with E-state index in [4.69, 9.17) is 9.15 Å². The van der Waals surface area contributed by atoms with Gasteiger partial charge in [0.2, 0.25) is 11.2 Å². The molecule has 0 atom stereocenters. The fraction of sp³-hybridized carbons (Fsp3) is 0.211. The summed E-state index contributed by atoms with van der Waals surface area (Å²) in [4.78, 5) is 12.5. The highest BCUT2D eigenvalue weighted by Gasteiger charge is 2.40. The van der Waals surface area contributed by atoms with Crippen LogP contribution in [0.2, 0.25) is 0 Å². The maximum absolute atomic E-state index is 13.3. The molecule has 0 spiro atoms. The maximum Gasteiger partial charge on any atom is 0.453 e. The van der Waals surface area contributed by atoms with E-state index in [0.717, 1.165) is 24.5 Å². The highest BCUT2D eigenvalue weighted by atomic mass is 19.4. The minimum atomic E-state index is -4.93. The van der Waals surface area contributed by atoms with Gasteiger partial charge in [-0.15, -0.1) is 0 Å². The molecule has 1 N–H and O–H groups in total. The standard InChI is InChI=1S/C19H15F3O4/c1-2-3-11-4-7-13(8-5-11)25-17-16(24)14-9-6-12(23)10-15(14)26-18(17)19(20,21)22/h4-10,23H,2-3H2,1H3. The van der Waals surface area contributed by atoms with Gasteiger partial charge in [-0.05, 0) is 36.2 Å². The van der Waals surface area contributed by atoms with Gasteiger partial charge < -0.3 is 14.3 Å². The molecule has 0 amide bonds. The van der Waals surface area contributed by atoms with E-state index < -0.39 is 23.1 Å². The molecule has 1 heterocycles. The van der Waals surface area contributed by atoms with E-state index in [2.05, 4.69) is 0 Å². The fourth-order valence-corrected chi connectivity index (χ4v) is 2.57. The number of ether oxygens (including phenoxy) is 1. The van der Waals surface area contributed by atoms with Gasteiger partial charge in [-0.1, -0.05) is 25.5 Å². The molecule has 0 bridgehead atoms. The largest absolute Gasteiger partial charge is 0.508 e. The lowest BCUT2D eigenvalue weighted by Crippen LogP contribution is -2.15. The molecule has 0 saturated heterocycles. The van der Waals surface area contributed by atoms with Crippen LogP contribution < -0.4 is 10.2 Å². The molecule has 3 aromatic rings. The predicted octanol–water partition coefficient (Wildman–Crippen LogP) is 5.26. The van der Waals surface area contributed by atoms with Crippen molar-refractivity contribution in [2.45, 2.75) is 25.9 Å². The third-order valence-corrected chi connectivity index (χ3v) is 3.77. The van der Waals surface area contributed by atoms with Crippen molar-refractivity contribution in [3.8, 4) is 17.2 Å². The van der Waals surface area contributed by atoms with Crippen LogP contribution in [0.5, 0.6) is 17.2 Å². The number of fused-ring (bicyclic) bond motifs is 1. The summed E-state index contributed by atoms with van der Waals surface area (Å²) in [5.74, 6) is -2.69. The van der Waals surface area contributed by atoms with Crippen LogP contribution in [0, 0.1) is 0 Å². The van der Waals surface area contributed by atoms with Crippen molar-refractivity contribution in [2.75, 3.05) is 0 Å². The van der Waals surface area contributed by atoms with Gasteiger partial charge in [-0.2, -0.15) is 13.2 Å². The Labute approximate surface area is 146 Å². The summed E-state index contributed by atoms with van der Waals surface area (Å²) in [5, 5.41) is 9.30. The Kier molecular flexibility index (Phi) is 4.63. The number of hydrogen-bond donors (Lipinski definition) is 1. The van der Waals surface area contributed by atoms with Crippen LogP contribution in [0.25, 0.3) is 11.0 Å². The molecule has 7 heteroatoms. The summed E-state index contributed by atoms with van der Waals surface area (Å²) in [6.45, 7) is 2.01. The quantitative estimate of drug-likeness (QED) is 0.686. The van der Waals surface area contributed by atoms with Gasteiger partial charge in [0.1, 0.15) is 17.1 Å². The molecular formula is C19H15F3O4. The molecule has 0 aliphatic heterocycles. The highest BCUT2D eigenvalue weighted by molar-refractivity contribution is 5.79. The van der Waals surface area contributed by atoms with Crippen molar-refractivity contribution in [1.82, 2.24) is 0 Å². The van der Waals surface area contributed by atoms with Gasteiger partial charge in [0.25, 0.3) is 5.76 Å². The summed E-state index contributed by atoms with van der Waals surface area (Å²) in [7, 11) is 0. The van der Waals surface area contributed by atoms with Crippen molar-refractivity contribution >= 4 is 11.0 Å². The lowest BCUT2D eigenvalue weighted by molar-refractivity contribution is -0.154. The van der Waals surface area contributed by atoms with Gasteiger partial charge in [0, 0.05) is 6.07 Å². The zero-order chi connectivity index (χ0) is 18.9. The Morgan fingerprint density at radius 1 is 1.12 bits per heavy atom. The third kappa shape index (κ3) is 3.51. The van der Waals surface area contributed by atoms with Crippen molar-refractivity contribution in [1.29, 1.82) is 0 Å². The lowest BCUT2D eigenvalue weighted by atomic mass is 10.1. The minimum Gasteiger partial charge on any atom is -0.508 e. The van der Waals surface area contributed by atoms with Crippen LogP contribution >= 0.6 is 0 Å². The molecule has 3 rings (SSSR count). The van der Waals surface area contributed by atoms with Crippen LogP contribution in [0.3, 0.4) is 0 Å². The summed E-state index contributed by atoms with van der Waals surface area (Å²) in [5.41, 5.74) is -0.318.